The molecule has 0 unspecified atom stereocenters. The Balaban J connectivity index is 1.27. The lowest BCUT2D eigenvalue weighted by Crippen LogP contribution is -2.46. The number of rotatable bonds is 4. The summed E-state index contributed by atoms with van der Waals surface area (Å²) in [5.74, 6) is 1.15. The van der Waals surface area contributed by atoms with Crippen molar-refractivity contribution in [1.29, 1.82) is 0 Å². The number of aromatic nitrogens is 2. The average molecular weight is 371 g/mol. The van der Waals surface area contributed by atoms with Crippen molar-refractivity contribution >= 4 is 5.91 Å². The van der Waals surface area contributed by atoms with Crippen LogP contribution < -0.4 is 0 Å². The van der Waals surface area contributed by atoms with Crippen molar-refractivity contribution in [2.24, 2.45) is 7.05 Å². The molecule has 4 rings (SSSR count). The molecule has 1 amide bonds. The lowest BCUT2D eigenvalue weighted by molar-refractivity contribution is 0.0735. The molecule has 2 aliphatic heterocycles. The number of amides is 1. The highest BCUT2D eigenvalue weighted by atomic mass is 16.3. The van der Waals surface area contributed by atoms with Gasteiger partial charge in [-0.3, -0.25) is 14.6 Å². The maximum atomic E-state index is 12.7. The second-order valence-electron chi connectivity index (χ2n) is 7.66. The van der Waals surface area contributed by atoms with Gasteiger partial charge in [-0.25, -0.2) is 4.98 Å². The molecular formula is C20H29N5O2. The summed E-state index contributed by atoms with van der Waals surface area (Å²) in [4.78, 5) is 23.9. The van der Waals surface area contributed by atoms with Crippen molar-refractivity contribution in [3.63, 3.8) is 0 Å². The minimum Gasteiger partial charge on any atom is -0.468 e. The fourth-order valence-electron chi connectivity index (χ4n) is 4.30. The van der Waals surface area contributed by atoms with E-state index in [1.807, 2.05) is 18.0 Å². The van der Waals surface area contributed by atoms with Gasteiger partial charge in [-0.15, -0.1) is 0 Å². The first-order valence-corrected chi connectivity index (χ1v) is 9.95. The summed E-state index contributed by atoms with van der Waals surface area (Å²) >= 11 is 0. The van der Waals surface area contributed by atoms with E-state index in [1.165, 1.54) is 12.8 Å². The van der Waals surface area contributed by atoms with Crippen molar-refractivity contribution < 1.29 is 9.21 Å². The molecule has 2 aromatic heterocycles. The molecule has 2 aromatic rings. The smallest absolute Gasteiger partial charge is 0.272 e. The average Bonchev–Trinajstić information content (AvgIpc) is 3.28. The number of likely N-dealkylation sites (tertiary alicyclic amines) is 1. The Labute approximate surface area is 160 Å². The van der Waals surface area contributed by atoms with Crippen molar-refractivity contribution in [3.8, 4) is 0 Å². The van der Waals surface area contributed by atoms with Gasteiger partial charge in [0, 0.05) is 52.4 Å². The Morgan fingerprint density at radius 2 is 2.04 bits per heavy atom. The summed E-state index contributed by atoms with van der Waals surface area (Å²) in [5, 5.41) is 0. The van der Waals surface area contributed by atoms with Crippen LogP contribution in [-0.4, -0.2) is 75.5 Å². The van der Waals surface area contributed by atoms with E-state index in [0.717, 1.165) is 58.0 Å². The Morgan fingerprint density at radius 1 is 1.19 bits per heavy atom. The summed E-state index contributed by atoms with van der Waals surface area (Å²) < 4.78 is 7.28. The monoisotopic (exact) mass is 371 g/mol. The number of hydrogen-bond acceptors (Lipinski definition) is 5. The first-order valence-electron chi connectivity index (χ1n) is 9.95. The summed E-state index contributed by atoms with van der Waals surface area (Å²) in [7, 11) is 1.88. The van der Waals surface area contributed by atoms with Gasteiger partial charge in [0.2, 0.25) is 0 Å². The standard InChI is InChI=1S/C20H29N5O2/c1-22-16-21-14-19(22)20(26)25-8-3-7-24(11-12-25)17-5-9-23(10-6-17)15-18-4-2-13-27-18/h2,4,13-14,16-17H,3,5-12,15H2,1H3. The maximum absolute atomic E-state index is 12.7. The Morgan fingerprint density at radius 3 is 2.74 bits per heavy atom. The van der Waals surface area contributed by atoms with E-state index in [2.05, 4.69) is 20.9 Å². The van der Waals surface area contributed by atoms with Crippen molar-refractivity contribution in [2.75, 3.05) is 39.3 Å². The summed E-state index contributed by atoms with van der Waals surface area (Å²) in [6, 6.07) is 4.64. The van der Waals surface area contributed by atoms with Crippen LogP contribution in [0.4, 0.5) is 0 Å². The lowest BCUT2D eigenvalue weighted by Gasteiger charge is -2.37. The fourth-order valence-corrected chi connectivity index (χ4v) is 4.30. The minimum atomic E-state index is 0.102. The van der Waals surface area contributed by atoms with Gasteiger partial charge in [0.1, 0.15) is 11.5 Å². The van der Waals surface area contributed by atoms with Crippen LogP contribution >= 0.6 is 0 Å². The van der Waals surface area contributed by atoms with Gasteiger partial charge >= 0.3 is 0 Å². The molecule has 0 atom stereocenters. The second-order valence-corrected chi connectivity index (χ2v) is 7.66. The lowest BCUT2D eigenvalue weighted by atomic mass is 10.0. The number of furan rings is 1. The van der Waals surface area contributed by atoms with Gasteiger partial charge in [-0.1, -0.05) is 0 Å². The minimum absolute atomic E-state index is 0.102. The number of hydrogen-bond donors (Lipinski definition) is 0. The molecule has 2 saturated heterocycles. The van der Waals surface area contributed by atoms with Crippen LogP contribution in [0.15, 0.2) is 35.3 Å². The SMILES string of the molecule is Cn1cncc1C(=O)N1CCCN(C2CCN(Cc3ccco3)CC2)CC1. The normalized spacial score (nSPS) is 20.7. The van der Waals surface area contributed by atoms with Crippen LogP contribution in [-0.2, 0) is 13.6 Å². The van der Waals surface area contributed by atoms with Crippen LogP contribution in [0, 0.1) is 0 Å². The van der Waals surface area contributed by atoms with Crippen LogP contribution in [0.5, 0.6) is 0 Å². The molecule has 0 bridgehead atoms. The molecule has 2 fully saturated rings. The predicted molar refractivity (Wildman–Crippen MR) is 102 cm³/mol. The molecule has 27 heavy (non-hydrogen) atoms. The molecule has 0 N–H and O–H groups in total. The molecule has 146 valence electrons. The van der Waals surface area contributed by atoms with Crippen LogP contribution in [0.3, 0.4) is 0 Å². The highest BCUT2D eigenvalue weighted by Gasteiger charge is 2.28. The molecule has 7 heteroatoms. The topological polar surface area (TPSA) is 57.8 Å². The molecular weight excluding hydrogens is 342 g/mol. The van der Waals surface area contributed by atoms with Gasteiger partial charge in [0.15, 0.2) is 0 Å². The Bertz CT molecular complexity index is 733. The Hall–Kier alpha value is -2.12. The van der Waals surface area contributed by atoms with E-state index in [0.29, 0.717) is 11.7 Å². The van der Waals surface area contributed by atoms with Crippen LogP contribution in [0.2, 0.25) is 0 Å². The van der Waals surface area contributed by atoms with E-state index in [-0.39, 0.29) is 5.91 Å². The highest BCUT2D eigenvalue weighted by Crippen LogP contribution is 2.20. The van der Waals surface area contributed by atoms with Crippen molar-refractivity contribution in [2.45, 2.75) is 31.8 Å². The summed E-state index contributed by atoms with van der Waals surface area (Å²) in [5.41, 5.74) is 0.676. The third-order valence-corrected chi connectivity index (χ3v) is 5.89. The number of carbonyl (C=O) groups is 1. The number of piperidine rings is 1. The first kappa shape index (κ1) is 18.3. The molecule has 2 aliphatic rings. The number of nitrogens with zero attached hydrogens (tertiary/aromatic N) is 5. The van der Waals surface area contributed by atoms with Gasteiger partial charge < -0.3 is 13.9 Å². The van der Waals surface area contributed by atoms with Crippen molar-refractivity contribution in [3.05, 3.63) is 42.4 Å². The van der Waals surface area contributed by atoms with E-state index in [9.17, 15) is 4.79 Å². The fraction of sp³-hybridized carbons (Fsp3) is 0.600. The van der Waals surface area contributed by atoms with Crippen LogP contribution in [0.1, 0.15) is 35.5 Å². The maximum Gasteiger partial charge on any atom is 0.272 e. The van der Waals surface area contributed by atoms with E-state index in [1.54, 1.807) is 23.4 Å². The summed E-state index contributed by atoms with van der Waals surface area (Å²) in [6.45, 7) is 6.81. The van der Waals surface area contributed by atoms with E-state index < -0.39 is 0 Å². The second kappa shape index (κ2) is 8.27. The highest BCUT2D eigenvalue weighted by molar-refractivity contribution is 5.92. The van der Waals surface area contributed by atoms with E-state index >= 15 is 0 Å². The van der Waals surface area contributed by atoms with Crippen molar-refractivity contribution in [1.82, 2.24) is 24.3 Å². The molecule has 0 saturated carbocycles. The molecule has 4 heterocycles. The van der Waals surface area contributed by atoms with Gasteiger partial charge in [0.25, 0.3) is 5.91 Å². The molecule has 0 aromatic carbocycles. The predicted octanol–water partition coefficient (Wildman–Crippen LogP) is 1.83. The zero-order chi connectivity index (χ0) is 18.6. The molecule has 0 aliphatic carbocycles. The summed E-state index contributed by atoms with van der Waals surface area (Å²) in [6.07, 6.45) is 8.52. The molecule has 0 spiro atoms. The third kappa shape index (κ3) is 4.25. The quantitative estimate of drug-likeness (QED) is 0.821. The van der Waals surface area contributed by atoms with Gasteiger partial charge in [-0.2, -0.15) is 0 Å². The van der Waals surface area contributed by atoms with Crippen LogP contribution in [0.25, 0.3) is 0 Å². The number of carbonyl (C=O) groups excluding carboxylic acids is 1. The zero-order valence-corrected chi connectivity index (χ0v) is 16.1. The third-order valence-electron chi connectivity index (χ3n) is 5.89. The number of imidazole rings is 1. The Kier molecular flexibility index (Phi) is 5.59. The van der Waals surface area contributed by atoms with E-state index in [4.69, 9.17) is 4.42 Å². The first-order chi connectivity index (χ1) is 13.2. The molecule has 7 nitrogen and oxygen atoms in total. The zero-order valence-electron chi connectivity index (χ0n) is 16.1. The van der Waals surface area contributed by atoms with Gasteiger partial charge in [0.05, 0.1) is 25.3 Å². The largest absolute Gasteiger partial charge is 0.468 e. The van der Waals surface area contributed by atoms with Gasteiger partial charge in [-0.05, 0) is 31.4 Å². The molecule has 0 radical (unpaired) electrons. The number of aryl methyl sites for hydroxylation is 1.